The molecule has 17 heavy (non-hydrogen) atoms. The van der Waals surface area contributed by atoms with Gasteiger partial charge in [-0.15, -0.1) is 0 Å². The zero-order valence-electron chi connectivity index (χ0n) is 9.86. The van der Waals surface area contributed by atoms with E-state index in [2.05, 4.69) is 39.2 Å². The summed E-state index contributed by atoms with van der Waals surface area (Å²) in [5, 5.41) is 1.22. The summed E-state index contributed by atoms with van der Waals surface area (Å²) in [6.45, 7) is 4.05. The molecule has 0 atom stereocenters. The van der Waals surface area contributed by atoms with Gasteiger partial charge in [0.1, 0.15) is 6.33 Å². The second-order valence-electron chi connectivity index (χ2n) is 4.16. The van der Waals surface area contributed by atoms with Crippen molar-refractivity contribution in [1.82, 2.24) is 15.0 Å². The van der Waals surface area contributed by atoms with Crippen molar-refractivity contribution in [2.24, 2.45) is 0 Å². The Hall–Kier alpha value is -2.16. The molecule has 1 aromatic carbocycles. The predicted octanol–water partition coefficient (Wildman–Crippen LogP) is 3.24. The molecule has 1 N–H and O–H groups in total. The molecular weight excluding hydrogens is 210 g/mol. The fourth-order valence-corrected chi connectivity index (χ4v) is 2.29. The highest BCUT2D eigenvalue weighted by atomic mass is 14.8. The first-order valence-electron chi connectivity index (χ1n) is 5.62. The molecule has 2 aromatic heterocycles. The zero-order chi connectivity index (χ0) is 11.8. The molecule has 0 unspecified atom stereocenters. The van der Waals surface area contributed by atoms with Crippen molar-refractivity contribution in [2.75, 3.05) is 0 Å². The molecule has 3 heteroatoms. The Morgan fingerprint density at radius 3 is 2.53 bits per heavy atom. The lowest BCUT2D eigenvalue weighted by molar-refractivity contribution is 1.06. The number of nitrogens with zero attached hydrogens (tertiary/aromatic N) is 2. The number of nitrogens with one attached hydrogen (secondary N) is 1. The van der Waals surface area contributed by atoms with Crippen LogP contribution in [0.3, 0.4) is 0 Å². The van der Waals surface area contributed by atoms with Gasteiger partial charge in [-0.1, -0.05) is 12.1 Å². The summed E-state index contributed by atoms with van der Waals surface area (Å²) >= 11 is 0. The average molecular weight is 223 g/mol. The number of aromatic nitrogens is 3. The minimum absolute atomic E-state index is 1.02. The summed E-state index contributed by atoms with van der Waals surface area (Å²) in [6, 6.07) is 8.35. The normalized spacial score (nSPS) is 10.9. The summed E-state index contributed by atoms with van der Waals surface area (Å²) < 4.78 is 0. The van der Waals surface area contributed by atoms with E-state index in [-0.39, 0.29) is 0 Å². The van der Waals surface area contributed by atoms with Crippen LogP contribution in [0.4, 0.5) is 0 Å². The molecule has 3 nitrogen and oxygen atoms in total. The molecule has 0 fully saturated rings. The van der Waals surface area contributed by atoms with E-state index < -0.39 is 0 Å². The Labute approximate surface area is 99.5 Å². The Kier molecular flexibility index (Phi) is 2.18. The van der Waals surface area contributed by atoms with Gasteiger partial charge >= 0.3 is 0 Å². The first-order valence-corrected chi connectivity index (χ1v) is 5.62. The van der Waals surface area contributed by atoms with E-state index in [1.54, 1.807) is 6.33 Å². The highest BCUT2D eigenvalue weighted by Gasteiger charge is 2.10. The van der Waals surface area contributed by atoms with E-state index in [1.807, 2.05) is 20.0 Å². The fourth-order valence-electron chi connectivity index (χ4n) is 2.29. The van der Waals surface area contributed by atoms with Crippen LogP contribution in [0.15, 0.2) is 36.8 Å². The van der Waals surface area contributed by atoms with Gasteiger partial charge in [-0.2, -0.15) is 0 Å². The van der Waals surface area contributed by atoms with E-state index >= 15 is 0 Å². The predicted molar refractivity (Wildman–Crippen MR) is 68.8 cm³/mol. The number of aromatic amines is 1. The van der Waals surface area contributed by atoms with Crippen LogP contribution in [0.5, 0.6) is 0 Å². The summed E-state index contributed by atoms with van der Waals surface area (Å²) in [5.41, 5.74) is 5.51. The molecule has 0 spiro atoms. The highest BCUT2D eigenvalue weighted by Crippen LogP contribution is 2.31. The third kappa shape index (κ3) is 1.51. The van der Waals surface area contributed by atoms with Gasteiger partial charge in [-0.25, -0.2) is 9.97 Å². The van der Waals surface area contributed by atoms with E-state index in [0.29, 0.717) is 0 Å². The Morgan fingerprint density at radius 1 is 1.00 bits per heavy atom. The Balaban J connectivity index is 2.38. The van der Waals surface area contributed by atoms with Crippen LogP contribution < -0.4 is 0 Å². The monoisotopic (exact) mass is 223 g/mol. The standard InChI is InChI=1S/C14H13N3/c1-9-14(10(2)17-8-16-9)12-4-3-5-13-11(12)6-7-15-13/h3-8,15H,1-2H3. The largest absolute Gasteiger partial charge is 0.361 e. The second-order valence-corrected chi connectivity index (χ2v) is 4.16. The van der Waals surface area contributed by atoms with Gasteiger partial charge in [0, 0.05) is 34.1 Å². The molecule has 2 heterocycles. The molecule has 3 rings (SSSR count). The zero-order valence-corrected chi connectivity index (χ0v) is 9.86. The molecule has 3 aromatic rings. The molecule has 0 bridgehead atoms. The van der Waals surface area contributed by atoms with E-state index in [9.17, 15) is 0 Å². The number of benzene rings is 1. The third-order valence-corrected chi connectivity index (χ3v) is 3.09. The van der Waals surface area contributed by atoms with Crippen LogP contribution in [0.2, 0.25) is 0 Å². The number of rotatable bonds is 1. The van der Waals surface area contributed by atoms with Crippen molar-refractivity contribution in [2.45, 2.75) is 13.8 Å². The summed E-state index contributed by atoms with van der Waals surface area (Å²) in [6.07, 6.45) is 3.58. The number of aryl methyl sites for hydroxylation is 2. The van der Waals surface area contributed by atoms with Gasteiger partial charge in [0.2, 0.25) is 0 Å². The van der Waals surface area contributed by atoms with Crippen LogP contribution in [-0.2, 0) is 0 Å². The summed E-state index contributed by atoms with van der Waals surface area (Å²) in [4.78, 5) is 11.8. The van der Waals surface area contributed by atoms with Crippen molar-refractivity contribution in [1.29, 1.82) is 0 Å². The first-order chi connectivity index (χ1) is 8.27. The molecule has 0 saturated heterocycles. The van der Waals surface area contributed by atoms with Crippen molar-refractivity contribution >= 4 is 10.9 Å². The van der Waals surface area contributed by atoms with E-state index in [4.69, 9.17) is 0 Å². The molecule has 0 radical (unpaired) electrons. The first kappa shape index (κ1) is 10.0. The Bertz CT molecular complexity index is 663. The molecule has 0 aliphatic rings. The van der Waals surface area contributed by atoms with Gasteiger partial charge in [0.25, 0.3) is 0 Å². The number of hydrogen-bond acceptors (Lipinski definition) is 2. The van der Waals surface area contributed by atoms with Crippen LogP contribution in [0, 0.1) is 13.8 Å². The minimum atomic E-state index is 1.02. The number of H-pyrrole nitrogens is 1. The smallest absolute Gasteiger partial charge is 0.115 e. The maximum absolute atomic E-state index is 4.29. The van der Waals surface area contributed by atoms with Crippen molar-refractivity contribution in [3.63, 3.8) is 0 Å². The van der Waals surface area contributed by atoms with Crippen molar-refractivity contribution < 1.29 is 0 Å². The maximum atomic E-state index is 4.29. The summed E-state index contributed by atoms with van der Waals surface area (Å²) in [7, 11) is 0. The molecule has 0 aliphatic heterocycles. The number of hydrogen-bond donors (Lipinski definition) is 1. The quantitative estimate of drug-likeness (QED) is 0.688. The van der Waals surface area contributed by atoms with Crippen LogP contribution in [-0.4, -0.2) is 15.0 Å². The minimum Gasteiger partial charge on any atom is -0.361 e. The average Bonchev–Trinajstić information content (AvgIpc) is 2.77. The third-order valence-electron chi connectivity index (χ3n) is 3.09. The molecule has 0 aliphatic carbocycles. The highest BCUT2D eigenvalue weighted by molar-refractivity contribution is 5.96. The number of fused-ring (bicyclic) bond motifs is 1. The molecule has 84 valence electrons. The fraction of sp³-hybridized carbons (Fsp3) is 0.143. The van der Waals surface area contributed by atoms with Crippen LogP contribution in [0.25, 0.3) is 22.0 Å². The molecule has 0 amide bonds. The van der Waals surface area contributed by atoms with Gasteiger partial charge in [0.15, 0.2) is 0 Å². The van der Waals surface area contributed by atoms with Gasteiger partial charge < -0.3 is 4.98 Å². The lowest BCUT2D eigenvalue weighted by atomic mass is 9.99. The Morgan fingerprint density at radius 2 is 1.76 bits per heavy atom. The van der Waals surface area contributed by atoms with E-state index in [0.717, 1.165) is 22.5 Å². The molecule has 0 saturated carbocycles. The van der Waals surface area contributed by atoms with Gasteiger partial charge in [-0.05, 0) is 31.5 Å². The topological polar surface area (TPSA) is 41.6 Å². The van der Waals surface area contributed by atoms with Crippen LogP contribution in [0.1, 0.15) is 11.4 Å². The van der Waals surface area contributed by atoms with Crippen molar-refractivity contribution in [3.05, 3.63) is 48.2 Å². The molecular formula is C14H13N3. The van der Waals surface area contributed by atoms with E-state index in [1.165, 1.54) is 10.9 Å². The second kappa shape index (κ2) is 3.70. The van der Waals surface area contributed by atoms with Crippen LogP contribution >= 0.6 is 0 Å². The lowest BCUT2D eigenvalue weighted by Gasteiger charge is -2.09. The lowest BCUT2D eigenvalue weighted by Crippen LogP contribution is -1.94. The summed E-state index contributed by atoms with van der Waals surface area (Å²) in [5.74, 6) is 0. The maximum Gasteiger partial charge on any atom is 0.115 e. The van der Waals surface area contributed by atoms with Gasteiger partial charge in [-0.3, -0.25) is 0 Å². The van der Waals surface area contributed by atoms with Crippen molar-refractivity contribution in [3.8, 4) is 11.1 Å². The van der Waals surface area contributed by atoms with Gasteiger partial charge in [0.05, 0.1) is 0 Å². The SMILES string of the molecule is Cc1ncnc(C)c1-c1cccc2[nH]ccc12.